The Morgan fingerprint density at radius 2 is 1.88 bits per heavy atom. The molecule has 0 aliphatic carbocycles. The number of hydrogen-bond donors (Lipinski definition) is 3. The molecule has 0 unspecified atom stereocenters. The fraction of sp³-hybridized carbons (Fsp3) is 0.318. The van der Waals surface area contributed by atoms with Gasteiger partial charge in [-0.25, -0.2) is 4.39 Å². The Balaban J connectivity index is 2.23. The van der Waals surface area contributed by atoms with Crippen LogP contribution < -0.4 is 5.32 Å². The van der Waals surface area contributed by atoms with Crippen LogP contribution in [0.15, 0.2) is 42.5 Å². The maximum Gasteiger partial charge on any atom is 0.420 e. The van der Waals surface area contributed by atoms with Gasteiger partial charge in [-0.15, -0.1) is 0 Å². The number of pyridine rings is 1. The molecule has 0 amide bonds. The Morgan fingerprint density at radius 1 is 1.16 bits per heavy atom. The summed E-state index contributed by atoms with van der Waals surface area (Å²) in [7, 11) is 0. The molecule has 0 saturated heterocycles. The van der Waals surface area contributed by atoms with Gasteiger partial charge in [0.15, 0.2) is 17.2 Å². The van der Waals surface area contributed by atoms with E-state index in [-0.39, 0.29) is 5.69 Å². The SMILES string of the molecule is CCSC[C@@](O)([C@@H](Nc1cccc2nc(C)ccc12)c1ccc(Cl)c(F)c1O)C(F)(F)F. The summed E-state index contributed by atoms with van der Waals surface area (Å²) in [4.78, 5) is 4.36. The van der Waals surface area contributed by atoms with Crippen molar-refractivity contribution < 1.29 is 27.8 Å². The third kappa shape index (κ3) is 4.60. The van der Waals surface area contributed by atoms with E-state index in [1.807, 2.05) is 0 Å². The molecule has 4 nitrogen and oxygen atoms in total. The summed E-state index contributed by atoms with van der Waals surface area (Å²) in [6.07, 6.45) is -5.10. The van der Waals surface area contributed by atoms with Crippen molar-refractivity contribution in [2.24, 2.45) is 0 Å². The third-order valence-electron chi connectivity index (χ3n) is 5.08. The molecular formula is C22H21ClF4N2O2S. The molecule has 3 aromatic rings. The van der Waals surface area contributed by atoms with Crippen molar-refractivity contribution >= 4 is 40.0 Å². The number of aromatic nitrogens is 1. The van der Waals surface area contributed by atoms with Gasteiger partial charge in [-0.1, -0.05) is 30.7 Å². The van der Waals surface area contributed by atoms with Crippen LogP contribution in [0.4, 0.5) is 23.2 Å². The number of aliphatic hydroxyl groups is 1. The number of phenols is 1. The molecule has 0 aliphatic heterocycles. The third-order valence-corrected chi connectivity index (χ3v) is 6.42. The summed E-state index contributed by atoms with van der Waals surface area (Å²) in [5.41, 5.74) is -2.33. The van der Waals surface area contributed by atoms with Gasteiger partial charge in [-0.05, 0) is 43.0 Å². The standard InChI is InChI=1S/C22H21ClF4N2O2S/c1-3-32-11-21(31,22(25,26)27)20(14-9-10-15(23)18(24)19(14)30)29-17-6-4-5-16-13(17)8-7-12(2)28-16/h4-10,20,29-31H,3,11H2,1-2H3/t20-,21+/m0/s1. The molecule has 3 N–H and O–H groups in total. The van der Waals surface area contributed by atoms with Crippen LogP contribution in [-0.4, -0.2) is 38.5 Å². The number of aryl methyl sites for hydroxylation is 1. The zero-order chi connectivity index (χ0) is 23.7. The average molecular weight is 489 g/mol. The smallest absolute Gasteiger partial charge is 0.420 e. The number of hydrogen-bond acceptors (Lipinski definition) is 5. The molecule has 0 bridgehead atoms. The van der Waals surface area contributed by atoms with Crippen molar-refractivity contribution in [1.29, 1.82) is 0 Å². The van der Waals surface area contributed by atoms with E-state index in [1.165, 1.54) is 6.07 Å². The van der Waals surface area contributed by atoms with Crippen LogP contribution in [0, 0.1) is 12.7 Å². The lowest BCUT2D eigenvalue weighted by Crippen LogP contribution is -2.54. The molecule has 0 radical (unpaired) electrons. The molecule has 172 valence electrons. The summed E-state index contributed by atoms with van der Waals surface area (Å²) in [5.74, 6) is -2.76. The fourth-order valence-electron chi connectivity index (χ4n) is 3.37. The number of anilines is 1. The molecule has 3 rings (SSSR count). The minimum Gasteiger partial charge on any atom is -0.505 e. The van der Waals surface area contributed by atoms with Gasteiger partial charge >= 0.3 is 6.18 Å². The van der Waals surface area contributed by atoms with E-state index in [1.54, 1.807) is 38.1 Å². The van der Waals surface area contributed by atoms with Gasteiger partial charge < -0.3 is 15.5 Å². The van der Waals surface area contributed by atoms with Crippen LogP contribution >= 0.6 is 23.4 Å². The van der Waals surface area contributed by atoms with E-state index in [0.29, 0.717) is 16.7 Å². The number of fused-ring (bicyclic) bond motifs is 1. The lowest BCUT2D eigenvalue weighted by atomic mass is 9.88. The zero-order valence-corrected chi connectivity index (χ0v) is 18.7. The minimum absolute atomic E-state index is 0.235. The van der Waals surface area contributed by atoms with Crippen LogP contribution in [0.5, 0.6) is 5.75 Å². The molecule has 1 aromatic heterocycles. The molecule has 2 aromatic carbocycles. The van der Waals surface area contributed by atoms with Gasteiger partial charge in [0.25, 0.3) is 0 Å². The number of aromatic hydroxyl groups is 1. The van der Waals surface area contributed by atoms with Crippen molar-refractivity contribution in [3.05, 3.63) is 64.6 Å². The number of nitrogens with zero attached hydrogens (tertiary/aromatic N) is 1. The number of halogens is 5. The van der Waals surface area contributed by atoms with Crippen molar-refractivity contribution in [2.45, 2.75) is 31.7 Å². The predicted molar refractivity (Wildman–Crippen MR) is 120 cm³/mol. The van der Waals surface area contributed by atoms with Gasteiger partial charge in [0.2, 0.25) is 0 Å². The highest BCUT2D eigenvalue weighted by Crippen LogP contribution is 2.47. The molecule has 1 heterocycles. The first-order valence-corrected chi connectivity index (χ1v) is 11.2. The number of thioether (sulfide) groups is 1. The highest BCUT2D eigenvalue weighted by atomic mass is 35.5. The van der Waals surface area contributed by atoms with E-state index in [9.17, 15) is 27.8 Å². The van der Waals surface area contributed by atoms with Crippen LogP contribution in [0.1, 0.15) is 24.2 Å². The van der Waals surface area contributed by atoms with E-state index >= 15 is 0 Å². The second-order valence-corrected chi connectivity index (χ2v) is 8.94. The van der Waals surface area contributed by atoms with E-state index in [2.05, 4.69) is 10.3 Å². The minimum atomic E-state index is -5.10. The van der Waals surface area contributed by atoms with Gasteiger partial charge in [0.1, 0.15) is 0 Å². The maximum absolute atomic E-state index is 14.3. The highest BCUT2D eigenvalue weighted by molar-refractivity contribution is 7.99. The topological polar surface area (TPSA) is 65.4 Å². The Bertz CT molecular complexity index is 1130. The van der Waals surface area contributed by atoms with E-state index < -0.39 is 45.7 Å². The van der Waals surface area contributed by atoms with Crippen molar-refractivity contribution in [2.75, 3.05) is 16.8 Å². The normalized spacial score (nSPS) is 14.9. The van der Waals surface area contributed by atoms with Crippen LogP contribution in [-0.2, 0) is 0 Å². The highest BCUT2D eigenvalue weighted by Gasteiger charge is 2.59. The van der Waals surface area contributed by atoms with Crippen molar-refractivity contribution in [3.8, 4) is 5.75 Å². The molecule has 0 aliphatic rings. The summed E-state index contributed by atoms with van der Waals surface area (Å²) >= 11 is 6.55. The number of rotatable bonds is 7. The predicted octanol–water partition coefficient (Wildman–Crippen LogP) is 6.24. The molecule has 10 heteroatoms. The quantitative estimate of drug-likeness (QED) is 0.343. The van der Waals surface area contributed by atoms with E-state index in [4.69, 9.17) is 11.6 Å². The molecule has 0 fully saturated rings. The summed E-state index contributed by atoms with van der Waals surface area (Å²) in [5, 5.41) is 24.1. The van der Waals surface area contributed by atoms with Crippen LogP contribution in [0.25, 0.3) is 10.9 Å². The second-order valence-electron chi connectivity index (χ2n) is 7.26. The zero-order valence-electron chi connectivity index (χ0n) is 17.2. The Hall–Kier alpha value is -2.23. The van der Waals surface area contributed by atoms with Crippen molar-refractivity contribution in [3.63, 3.8) is 0 Å². The second kappa shape index (κ2) is 9.33. The van der Waals surface area contributed by atoms with Gasteiger partial charge in [-0.3, -0.25) is 4.98 Å². The summed E-state index contributed by atoms with van der Waals surface area (Å²) in [6.45, 7) is 3.43. The molecule has 32 heavy (non-hydrogen) atoms. The maximum atomic E-state index is 14.3. The van der Waals surface area contributed by atoms with Gasteiger partial charge in [-0.2, -0.15) is 24.9 Å². The lowest BCUT2D eigenvalue weighted by Gasteiger charge is -2.39. The number of alkyl halides is 3. The Kier molecular flexibility index (Phi) is 7.12. The number of phenolic OH excluding ortho intramolecular Hbond substituents is 1. The molecule has 2 atom stereocenters. The number of benzene rings is 2. The monoisotopic (exact) mass is 488 g/mol. The largest absolute Gasteiger partial charge is 0.505 e. The summed E-state index contributed by atoms with van der Waals surface area (Å²) in [6, 6.07) is 8.38. The van der Waals surface area contributed by atoms with Crippen molar-refractivity contribution in [1.82, 2.24) is 4.98 Å². The fourth-order valence-corrected chi connectivity index (χ4v) is 4.37. The Morgan fingerprint density at radius 3 is 2.53 bits per heavy atom. The first kappa shape index (κ1) is 24.4. The van der Waals surface area contributed by atoms with Gasteiger partial charge in [0.05, 0.1) is 16.6 Å². The molecular weight excluding hydrogens is 468 g/mol. The summed E-state index contributed by atoms with van der Waals surface area (Å²) < 4.78 is 57.0. The van der Waals surface area contributed by atoms with Crippen LogP contribution in [0.2, 0.25) is 5.02 Å². The molecule has 0 spiro atoms. The van der Waals surface area contributed by atoms with Gasteiger partial charge in [0, 0.05) is 28.1 Å². The Labute approximate surface area is 191 Å². The average Bonchev–Trinajstić information content (AvgIpc) is 2.73. The first-order valence-electron chi connectivity index (χ1n) is 9.66. The lowest BCUT2D eigenvalue weighted by molar-refractivity contribution is -0.256. The number of nitrogens with one attached hydrogen (secondary N) is 1. The first-order chi connectivity index (χ1) is 15.0. The molecule has 0 saturated carbocycles. The van der Waals surface area contributed by atoms with E-state index in [0.717, 1.165) is 29.6 Å². The van der Waals surface area contributed by atoms with Crippen LogP contribution in [0.3, 0.4) is 0 Å².